The van der Waals surface area contributed by atoms with Crippen molar-refractivity contribution in [2.75, 3.05) is 18.4 Å². The van der Waals surface area contributed by atoms with Gasteiger partial charge in [0.15, 0.2) is 0 Å². The van der Waals surface area contributed by atoms with Crippen molar-refractivity contribution < 1.29 is 4.79 Å². The Labute approximate surface area is 163 Å². The lowest BCUT2D eigenvalue weighted by atomic mass is 10.1. The van der Waals surface area contributed by atoms with Gasteiger partial charge in [0.1, 0.15) is 0 Å². The van der Waals surface area contributed by atoms with E-state index in [0.29, 0.717) is 24.2 Å². The maximum Gasteiger partial charge on any atom is 0.248 e. The fraction of sp³-hybridized carbons (Fsp3) is 0.350. The van der Waals surface area contributed by atoms with Gasteiger partial charge in [-0.1, -0.05) is 25.5 Å². The fourth-order valence-corrected chi connectivity index (χ4v) is 1.47. The van der Waals surface area contributed by atoms with E-state index in [2.05, 4.69) is 35.5 Å². The number of rotatable bonds is 8. The minimum atomic E-state index is -0.511. The molecule has 0 radical (unpaired) electrons. The van der Waals surface area contributed by atoms with E-state index in [4.69, 9.17) is 16.9 Å². The van der Waals surface area contributed by atoms with Gasteiger partial charge in [-0.2, -0.15) is 0 Å². The number of hydrogen-bond acceptors (Lipinski definition) is 5. The van der Waals surface area contributed by atoms with Gasteiger partial charge in [0.25, 0.3) is 0 Å². The Kier molecular flexibility index (Phi) is 17.2. The van der Waals surface area contributed by atoms with E-state index in [1.165, 1.54) is 18.0 Å². The van der Waals surface area contributed by atoms with Crippen LogP contribution in [0.1, 0.15) is 50.5 Å². The molecule has 0 spiro atoms. The predicted molar refractivity (Wildman–Crippen MR) is 118 cm³/mol. The number of nitrogens with zero attached hydrogens (tertiary/aromatic N) is 1. The van der Waals surface area contributed by atoms with Crippen molar-refractivity contribution in [1.29, 1.82) is 5.41 Å². The third-order valence-corrected chi connectivity index (χ3v) is 2.98. The second-order valence-corrected chi connectivity index (χ2v) is 5.16. The topological polar surface area (TPSA) is 129 Å². The van der Waals surface area contributed by atoms with Gasteiger partial charge in [0.2, 0.25) is 5.91 Å². The zero-order valence-corrected chi connectivity index (χ0v) is 17.0. The lowest BCUT2D eigenvalue weighted by Crippen LogP contribution is -2.13. The Morgan fingerprint density at radius 3 is 2.41 bits per heavy atom. The molecule has 0 fully saturated rings. The molecule has 0 unspecified atom stereocenters. The normalized spacial score (nSPS) is 9.52. The molecule has 0 aromatic heterocycles. The molecule has 0 heterocycles. The van der Waals surface area contributed by atoms with Crippen molar-refractivity contribution in [3.8, 4) is 0 Å². The highest BCUT2D eigenvalue weighted by atomic mass is 16.1. The minimum absolute atomic E-state index is 0.379. The zero-order valence-electron chi connectivity index (χ0n) is 17.0. The second kappa shape index (κ2) is 17.7. The number of nitrogens with two attached hydrogens (primary N) is 2. The second-order valence-electron chi connectivity index (χ2n) is 5.16. The Bertz CT molecular complexity index is 631. The van der Waals surface area contributed by atoms with Crippen LogP contribution in [0.25, 0.3) is 0 Å². The summed E-state index contributed by atoms with van der Waals surface area (Å²) in [4.78, 5) is 15.1. The van der Waals surface area contributed by atoms with Crippen LogP contribution in [0.3, 0.4) is 0 Å². The zero-order chi connectivity index (χ0) is 21.1. The summed E-state index contributed by atoms with van der Waals surface area (Å²) in [5, 5.41) is 13.2. The first-order valence-corrected chi connectivity index (χ1v) is 8.85. The van der Waals surface area contributed by atoms with Crippen LogP contribution >= 0.6 is 0 Å². The van der Waals surface area contributed by atoms with E-state index in [0.717, 1.165) is 5.69 Å². The first-order valence-electron chi connectivity index (χ1n) is 8.85. The van der Waals surface area contributed by atoms with Gasteiger partial charge < -0.3 is 27.5 Å². The molecular weight excluding hydrogens is 340 g/mol. The number of carbonyl (C=O) groups excluding carboxylic acids is 1. The lowest BCUT2D eigenvalue weighted by Gasteiger charge is -2.09. The van der Waals surface area contributed by atoms with Crippen LogP contribution in [0.2, 0.25) is 0 Å². The number of amides is 1. The van der Waals surface area contributed by atoms with E-state index in [-0.39, 0.29) is 0 Å². The number of hydrogen-bond donors (Lipinski definition) is 5. The quantitative estimate of drug-likeness (QED) is 0.207. The number of aliphatic imine (C=N–C) groups is 1. The molecule has 0 aliphatic rings. The maximum absolute atomic E-state index is 11.1. The van der Waals surface area contributed by atoms with Crippen molar-refractivity contribution in [1.82, 2.24) is 5.32 Å². The van der Waals surface area contributed by atoms with Gasteiger partial charge in [-0.3, -0.25) is 9.79 Å². The number of primary amides is 1. The summed E-state index contributed by atoms with van der Waals surface area (Å²) >= 11 is 0. The van der Waals surface area contributed by atoms with E-state index < -0.39 is 5.91 Å². The average Bonchev–Trinajstić information content (AvgIpc) is 2.69. The van der Waals surface area contributed by atoms with Crippen LogP contribution < -0.4 is 22.1 Å². The summed E-state index contributed by atoms with van der Waals surface area (Å²) in [5.74, 6) is -0.511. The van der Waals surface area contributed by atoms with Crippen LogP contribution in [0.5, 0.6) is 0 Å². The molecule has 1 aromatic carbocycles. The summed E-state index contributed by atoms with van der Waals surface area (Å²) in [7, 11) is 0. The number of anilines is 1. The lowest BCUT2D eigenvalue weighted by molar-refractivity contribution is 0.100. The molecule has 1 rings (SSSR count). The highest BCUT2D eigenvalue weighted by Crippen LogP contribution is 2.15. The monoisotopic (exact) mass is 374 g/mol. The van der Waals surface area contributed by atoms with E-state index in [1.807, 2.05) is 20.8 Å². The van der Waals surface area contributed by atoms with Crippen LogP contribution in [0, 0.1) is 5.41 Å². The molecule has 0 saturated carbocycles. The van der Waals surface area contributed by atoms with Gasteiger partial charge in [0, 0.05) is 42.0 Å². The van der Waals surface area contributed by atoms with Crippen LogP contribution in [0.15, 0.2) is 47.2 Å². The standard InChI is InChI=1S/C13H18N6O.C5H10.C2H6/c14-3-4-17-9-18-5-6-19-12-2-1-10(13(16)20)7-11(12)8-15;1-4-5(2)3;1-2/h1-4,7-9,15,19H,5-6,14H2,(H2,16,20)(H,17,18);4H,1-3H3;1-2H3/b4-3-,15-8?;;. The molecule has 0 bridgehead atoms. The van der Waals surface area contributed by atoms with Crippen LogP contribution in [-0.2, 0) is 0 Å². The number of allylic oxidation sites excluding steroid dienone is 2. The van der Waals surface area contributed by atoms with Crippen LogP contribution in [-0.4, -0.2) is 31.5 Å². The van der Waals surface area contributed by atoms with Crippen molar-refractivity contribution in [2.45, 2.75) is 34.6 Å². The molecule has 0 saturated heterocycles. The predicted octanol–water partition coefficient (Wildman–Crippen LogP) is 3.24. The number of benzene rings is 1. The van der Waals surface area contributed by atoms with Crippen molar-refractivity contribution in [3.05, 3.63) is 53.4 Å². The SMILES string of the molecule is CC.CC=C(C)C.N=Cc1cc(C(N)=O)ccc1NCCN=CN/C=C\N. The van der Waals surface area contributed by atoms with Gasteiger partial charge in [-0.15, -0.1) is 0 Å². The molecule has 7 N–H and O–H groups in total. The van der Waals surface area contributed by atoms with Gasteiger partial charge in [0.05, 0.1) is 12.9 Å². The van der Waals surface area contributed by atoms with Gasteiger partial charge in [-0.25, -0.2) is 0 Å². The highest BCUT2D eigenvalue weighted by Gasteiger charge is 2.04. The van der Waals surface area contributed by atoms with E-state index in [9.17, 15) is 4.79 Å². The Balaban J connectivity index is 0. The molecule has 0 aliphatic heterocycles. The van der Waals surface area contributed by atoms with Crippen molar-refractivity contribution in [3.63, 3.8) is 0 Å². The van der Waals surface area contributed by atoms with Crippen LogP contribution in [0.4, 0.5) is 5.69 Å². The first kappa shape index (κ1) is 26.1. The number of carbonyl (C=O) groups is 1. The molecule has 27 heavy (non-hydrogen) atoms. The van der Waals surface area contributed by atoms with Crippen molar-refractivity contribution >= 4 is 24.1 Å². The summed E-state index contributed by atoms with van der Waals surface area (Å²) in [6, 6.07) is 4.92. The largest absolute Gasteiger partial charge is 0.403 e. The molecule has 1 amide bonds. The summed E-state index contributed by atoms with van der Waals surface area (Å²) in [6.45, 7) is 11.4. The smallest absolute Gasteiger partial charge is 0.248 e. The maximum atomic E-state index is 11.1. The van der Waals surface area contributed by atoms with Crippen molar-refractivity contribution in [2.24, 2.45) is 16.5 Å². The molecule has 150 valence electrons. The summed E-state index contributed by atoms with van der Waals surface area (Å²) in [5.41, 5.74) is 13.5. The fourth-order valence-electron chi connectivity index (χ4n) is 1.47. The Hall–Kier alpha value is -3.09. The molecule has 1 aromatic rings. The summed E-state index contributed by atoms with van der Waals surface area (Å²) < 4.78 is 0. The minimum Gasteiger partial charge on any atom is -0.403 e. The van der Waals surface area contributed by atoms with Gasteiger partial charge in [-0.05, 0) is 39.0 Å². The Morgan fingerprint density at radius 2 is 1.93 bits per heavy atom. The molecule has 7 heteroatoms. The molecule has 0 atom stereocenters. The highest BCUT2D eigenvalue weighted by molar-refractivity contribution is 5.96. The van der Waals surface area contributed by atoms with E-state index in [1.54, 1.807) is 30.7 Å². The van der Waals surface area contributed by atoms with E-state index >= 15 is 0 Å². The molecular formula is C20H34N6O. The number of nitrogens with one attached hydrogen (secondary N) is 3. The summed E-state index contributed by atoms with van der Waals surface area (Å²) in [6.07, 6.45) is 7.73. The molecule has 7 nitrogen and oxygen atoms in total. The first-order chi connectivity index (χ1) is 13.0. The Morgan fingerprint density at radius 1 is 1.30 bits per heavy atom. The third kappa shape index (κ3) is 13.8. The average molecular weight is 375 g/mol. The molecule has 0 aliphatic carbocycles. The third-order valence-electron chi connectivity index (χ3n) is 2.98. The van der Waals surface area contributed by atoms with Gasteiger partial charge >= 0.3 is 0 Å².